The molecule has 2 aromatic rings. The van der Waals surface area contributed by atoms with Gasteiger partial charge < -0.3 is 14.3 Å². The molecule has 0 radical (unpaired) electrons. The normalized spacial score (nSPS) is 15.5. The van der Waals surface area contributed by atoms with Gasteiger partial charge in [0.25, 0.3) is 5.91 Å². The van der Waals surface area contributed by atoms with Crippen LogP contribution in [0.4, 0.5) is 5.82 Å². The molecule has 1 saturated heterocycles. The Kier molecular flexibility index (Phi) is 4.83. The molecule has 1 aliphatic heterocycles. The Labute approximate surface area is 142 Å². The number of hydrogen-bond acceptors (Lipinski definition) is 5. The molecule has 0 unspecified atom stereocenters. The van der Waals surface area contributed by atoms with E-state index < -0.39 is 0 Å². The van der Waals surface area contributed by atoms with Gasteiger partial charge in [-0.2, -0.15) is 0 Å². The van der Waals surface area contributed by atoms with Crippen LogP contribution in [0, 0.1) is 6.92 Å². The van der Waals surface area contributed by atoms with Gasteiger partial charge >= 0.3 is 0 Å². The van der Waals surface area contributed by atoms with E-state index in [1.807, 2.05) is 43.3 Å². The fourth-order valence-electron chi connectivity index (χ4n) is 3.30. The quantitative estimate of drug-likeness (QED) is 0.863. The number of aryl methyl sites for hydroxylation is 2. The zero-order valence-corrected chi connectivity index (χ0v) is 14.5. The summed E-state index contributed by atoms with van der Waals surface area (Å²) in [6, 6.07) is 6.19. The third-order valence-corrected chi connectivity index (χ3v) is 4.79. The smallest absolute Gasteiger partial charge is 0.259 e. The van der Waals surface area contributed by atoms with Crippen molar-refractivity contribution in [2.75, 3.05) is 25.0 Å². The summed E-state index contributed by atoms with van der Waals surface area (Å²) in [5, 5.41) is 4.00. The molecule has 24 heavy (non-hydrogen) atoms. The van der Waals surface area contributed by atoms with Crippen LogP contribution in [0.25, 0.3) is 0 Å². The number of hydrogen-bond donors (Lipinski definition) is 0. The van der Waals surface area contributed by atoms with Crippen molar-refractivity contribution in [3.8, 4) is 0 Å². The Balaban J connectivity index is 1.66. The number of amides is 1. The molecule has 6 heteroatoms. The summed E-state index contributed by atoms with van der Waals surface area (Å²) in [6.45, 7) is 5.60. The summed E-state index contributed by atoms with van der Waals surface area (Å²) < 4.78 is 5.21. The van der Waals surface area contributed by atoms with Crippen LogP contribution in [0.2, 0.25) is 0 Å². The molecular weight excluding hydrogens is 304 g/mol. The molecule has 0 saturated carbocycles. The molecule has 0 spiro atoms. The summed E-state index contributed by atoms with van der Waals surface area (Å²) in [6.07, 6.45) is 4.39. The molecule has 2 aromatic heterocycles. The molecule has 0 N–H and O–H groups in total. The van der Waals surface area contributed by atoms with Crippen LogP contribution in [-0.4, -0.2) is 47.1 Å². The van der Waals surface area contributed by atoms with Gasteiger partial charge in [-0.3, -0.25) is 4.79 Å². The van der Waals surface area contributed by atoms with Crippen LogP contribution in [0.5, 0.6) is 0 Å². The molecule has 128 valence electrons. The van der Waals surface area contributed by atoms with Crippen molar-refractivity contribution in [3.63, 3.8) is 0 Å². The van der Waals surface area contributed by atoms with Crippen LogP contribution in [-0.2, 0) is 6.42 Å². The van der Waals surface area contributed by atoms with Gasteiger partial charge in [0, 0.05) is 32.4 Å². The lowest BCUT2D eigenvalue weighted by molar-refractivity contribution is 0.0706. The van der Waals surface area contributed by atoms with Gasteiger partial charge in [-0.1, -0.05) is 18.1 Å². The summed E-state index contributed by atoms with van der Waals surface area (Å²) in [4.78, 5) is 21.4. The Morgan fingerprint density at radius 1 is 1.38 bits per heavy atom. The van der Waals surface area contributed by atoms with Crippen molar-refractivity contribution in [1.29, 1.82) is 0 Å². The lowest BCUT2D eigenvalue weighted by Crippen LogP contribution is -2.46. The first-order valence-corrected chi connectivity index (χ1v) is 8.50. The van der Waals surface area contributed by atoms with Gasteiger partial charge in [0.2, 0.25) is 0 Å². The average Bonchev–Trinajstić information content (AvgIpc) is 3.02. The van der Waals surface area contributed by atoms with E-state index in [2.05, 4.69) is 15.0 Å². The monoisotopic (exact) mass is 328 g/mol. The Hall–Kier alpha value is -2.37. The summed E-state index contributed by atoms with van der Waals surface area (Å²) in [7, 11) is 1.88. The van der Waals surface area contributed by atoms with E-state index in [1.54, 1.807) is 6.92 Å². The predicted molar refractivity (Wildman–Crippen MR) is 92.2 cm³/mol. The van der Waals surface area contributed by atoms with Crippen molar-refractivity contribution in [3.05, 3.63) is 41.4 Å². The second-order valence-electron chi connectivity index (χ2n) is 6.24. The van der Waals surface area contributed by atoms with Gasteiger partial charge in [-0.25, -0.2) is 4.98 Å². The fourth-order valence-corrected chi connectivity index (χ4v) is 3.30. The maximum absolute atomic E-state index is 12.9. The van der Waals surface area contributed by atoms with Crippen LogP contribution in [0.1, 0.15) is 41.6 Å². The maximum Gasteiger partial charge on any atom is 0.259 e. The maximum atomic E-state index is 12.9. The standard InChI is InChI=1S/C18H24N4O2/c1-4-15-17(13(2)24-20-15)18(23)21(3)14-8-11-22(12-9-14)16-7-5-6-10-19-16/h5-7,10,14H,4,8-9,11-12H2,1-3H3. The Morgan fingerprint density at radius 2 is 2.12 bits per heavy atom. The molecule has 0 bridgehead atoms. The number of nitrogens with zero attached hydrogens (tertiary/aromatic N) is 4. The molecule has 0 aliphatic carbocycles. The highest BCUT2D eigenvalue weighted by Crippen LogP contribution is 2.23. The largest absolute Gasteiger partial charge is 0.361 e. The second-order valence-corrected chi connectivity index (χ2v) is 6.24. The lowest BCUT2D eigenvalue weighted by Gasteiger charge is -2.37. The van der Waals surface area contributed by atoms with Crippen molar-refractivity contribution in [2.45, 2.75) is 39.2 Å². The van der Waals surface area contributed by atoms with Gasteiger partial charge in [0.1, 0.15) is 17.1 Å². The first kappa shape index (κ1) is 16.5. The highest BCUT2D eigenvalue weighted by atomic mass is 16.5. The number of pyridine rings is 1. The van der Waals surface area contributed by atoms with Crippen LogP contribution in [0.3, 0.4) is 0 Å². The van der Waals surface area contributed by atoms with E-state index in [-0.39, 0.29) is 11.9 Å². The number of carbonyl (C=O) groups excluding carboxylic acids is 1. The predicted octanol–water partition coefficient (Wildman–Crippen LogP) is 2.68. The van der Waals surface area contributed by atoms with Crippen molar-refractivity contribution in [2.24, 2.45) is 0 Å². The fraction of sp³-hybridized carbons (Fsp3) is 0.500. The van der Waals surface area contributed by atoms with E-state index in [9.17, 15) is 4.79 Å². The van der Waals surface area contributed by atoms with E-state index >= 15 is 0 Å². The van der Waals surface area contributed by atoms with Gasteiger partial charge in [-0.05, 0) is 38.3 Å². The number of aromatic nitrogens is 2. The van der Waals surface area contributed by atoms with Gasteiger partial charge in [0.05, 0.1) is 5.69 Å². The minimum absolute atomic E-state index is 0.0156. The van der Waals surface area contributed by atoms with Crippen molar-refractivity contribution < 1.29 is 9.32 Å². The molecule has 0 aromatic carbocycles. The first-order chi connectivity index (χ1) is 11.6. The lowest BCUT2D eigenvalue weighted by atomic mass is 10.0. The van der Waals surface area contributed by atoms with Gasteiger partial charge in [0.15, 0.2) is 0 Å². The van der Waals surface area contributed by atoms with Crippen molar-refractivity contribution in [1.82, 2.24) is 15.0 Å². The van der Waals surface area contributed by atoms with Gasteiger partial charge in [-0.15, -0.1) is 0 Å². The molecule has 1 aliphatic rings. The average molecular weight is 328 g/mol. The van der Waals surface area contributed by atoms with E-state index in [1.165, 1.54) is 0 Å². The number of rotatable bonds is 4. The zero-order valence-electron chi connectivity index (χ0n) is 14.5. The molecule has 1 amide bonds. The SMILES string of the molecule is CCc1noc(C)c1C(=O)N(C)C1CCN(c2ccccn2)CC1. The summed E-state index contributed by atoms with van der Waals surface area (Å²) in [5.41, 5.74) is 1.38. The minimum atomic E-state index is 0.0156. The third-order valence-electron chi connectivity index (χ3n) is 4.79. The molecule has 0 atom stereocenters. The Morgan fingerprint density at radius 3 is 2.75 bits per heavy atom. The molecule has 3 heterocycles. The minimum Gasteiger partial charge on any atom is -0.361 e. The highest BCUT2D eigenvalue weighted by Gasteiger charge is 2.29. The van der Waals surface area contributed by atoms with E-state index in [0.717, 1.165) is 37.4 Å². The van der Waals surface area contributed by atoms with Crippen LogP contribution < -0.4 is 4.90 Å². The third kappa shape index (κ3) is 3.13. The highest BCUT2D eigenvalue weighted by molar-refractivity contribution is 5.96. The zero-order chi connectivity index (χ0) is 17.1. The second kappa shape index (κ2) is 7.03. The van der Waals surface area contributed by atoms with E-state index in [4.69, 9.17) is 4.52 Å². The number of carbonyl (C=O) groups is 1. The number of anilines is 1. The van der Waals surface area contributed by atoms with Crippen LogP contribution in [0.15, 0.2) is 28.9 Å². The van der Waals surface area contributed by atoms with Crippen LogP contribution >= 0.6 is 0 Å². The molecule has 6 nitrogen and oxygen atoms in total. The summed E-state index contributed by atoms with van der Waals surface area (Å²) >= 11 is 0. The molecular formula is C18H24N4O2. The number of piperidine rings is 1. The summed E-state index contributed by atoms with van der Waals surface area (Å²) in [5.74, 6) is 1.63. The molecule has 1 fully saturated rings. The first-order valence-electron chi connectivity index (χ1n) is 8.50. The van der Waals surface area contributed by atoms with E-state index in [0.29, 0.717) is 17.7 Å². The Bertz CT molecular complexity index is 690. The molecule has 3 rings (SSSR count). The van der Waals surface area contributed by atoms with Crippen molar-refractivity contribution >= 4 is 11.7 Å². The topological polar surface area (TPSA) is 62.5 Å².